The van der Waals surface area contributed by atoms with Crippen molar-refractivity contribution >= 4 is 5.78 Å². The standard InChI is InChI=1S/C18H25NO2/c1-12-7-8-17(21-6)14(9-12)15(11-19)16(20)10-13(2)18(3,4)5/h7-9,13,15H,10H2,1-6H3. The topological polar surface area (TPSA) is 50.1 Å². The molecule has 3 nitrogen and oxygen atoms in total. The molecule has 1 aromatic carbocycles. The van der Waals surface area contributed by atoms with Crippen molar-refractivity contribution in [1.82, 2.24) is 0 Å². The Bertz CT molecular complexity index is 549. The number of hydrogen-bond donors (Lipinski definition) is 0. The van der Waals surface area contributed by atoms with E-state index in [1.807, 2.05) is 25.1 Å². The third-order valence-electron chi connectivity index (χ3n) is 4.13. The number of nitrogens with zero attached hydrogens (tertiary/aromatic N) is 1. The molecule has 0 aliphatic heterocycles. The summed E-state index contributed by atoms with van der Waals surface area (Å²) in [6.07, 6.45) is 0.402. The Morgan fingerprint density at radius 1 is 1.38 bits per heavy atom. The fourth-order valence-corrected chi connectivity index (χ4v) is 2.12. The summed E-state index contributed by atoms with van der Waals surface area (Å²) < 4.78 is 5.30. The van der Waals surface area contributed by atoms with E-state index in [4.69, 9.17) is 4.74 Å². The van der Waals surface area contributed by atoms with Gasteiger partial charge in [-0.05, 0) is 24.3 Å². The molecule has 0 amide bonds. The fraction of sp³-hybridized carbons (Fsp3) is 0.556. The predicted octanol–water partition coefficient (Wildman–Crippen LogP) is 4.25. The van der Waals surface area contributed by atoms with Crippen LogP contribution in [0, 0.1) is 29.6 Å². The van der Waals surface area contributed by atoms with Crippen molar-refractivity contribution in [1.29, 1.82) is 5.26 Å². The van der Waals surface area contributed by atoms with Gasteiger partial charge < -0.3 is 4.74 Å². The van der Waals surface area contributed by atoms with Gasteiger partial charge in [-0.25, -0.2) is 0 Å². The Balaban J connectivity index is 3.06. The van der Waals surface area contributed by atoms with Crippen LogP contribution in [-0.4, -0.2) is 12.9 Å². The number of benzene rings is 1. The Labute approximate surface area is 127 Å². The highest BCUT2D eigenvalue weighted by molar-refractivity contribution is 5.89. The highest BCUT2D eigenvalue weighted by atomic mass is 16.5. The number of ether oxygens (including phenoxy) is 1. The van der Waals surface area contributed by atoms with Gasteiger partial charge in [0.15, 0.2) is 5.78 Å². The third-order valence-corrected chi connectivity index (χ3v) is 4.13. The van der Waals surface area contributed by atoms with Crippen LogP contribution < -0.4 is 4.74 Å². The van der Waals surface area contributed by atoms with E-state index in [0.717, 1.165) is 5.56 Å². The van der Waals surface area contributed by atoms with Crippen molar-refractivity contribution in [3.63, 3.8) is 0 Å². The second-order valence-electron chi connectivity index (χ2n) is 6.75. The van der Waals surface area contributed by atoms with Crippen molar-refractivity contribution in [3.8, 4) is 11.8 Å². The summed E-state index contributed by atoms with van der Waals surface area (Å²) in [5.74, 6) is 0.0223. The summed E-state index contributed by atoms with van der Waals surface area (Å²) in [5.41, 5.74) is 1.74. The number of carbonyl (C=O) groups is 1. The Kier molecular flexibility index (Phi) is 5.54. The maximum atomic E-state index is 12.5. The third kappa shape index (κ3) is 4.32. The molecule has 0 heterocycles. The molecular formula is C18H25NO2. The van der Waals surface area contributed by atoms with Gasteiger partial charge in [0.25, 0.3) is 0 Å². The van der Waals surface area contributed by atoms with Crippen LogP contribution >= 0.6 is 0 Å². The second-order valence-corrected chi connectivity index (χ2v) is 6.75. The molecule has 2 unspecified atom stereocenters. The number of rotatable bonds is 5. The van der Waals surface area contributed by atoms with Gasteiger partial charge in [-0.2, -0.15) is 5.26 Å². The SMILES string of the molecule is COc1ccc(C)cc1C(C#N)C(=O)CC(C)C(C)(C)C. The van der Waals surface area contributed by atoms with Crippen LogP contribution in [-0.2, 0) is 4.79 Å². The Morgan fingerprint density at radius 2 is 2.00 bits per heavy atom. The van der Waals surface area contributed by atoms with Crippen LogP contribution in [0.1, 0.15) is 51.2 Å². The van der Waals surface area contributed by atoms with E-state index in [9.17, 15) is 10.1 Å². The zero-order valence-corrected chi connectivity index (χ0v) is 13.9. The van der Waals surface area contributed by atoms with Crippen LogP contribution in [0.25, 0.3) is 0 Å². The molecule has 21 heavy (non-hydrogen) atoms. The van der Waals surface area contributed by atoms with E-state index >= 15 is 0 Å². The van der Waals surface area contributed by atoms with Gasteiger partial charge in [0, 0.05) is 12.0 Å². The van der Waals surface area contributed by atoms with Crippen LogP contribution in [0.2, 0.25) is 0 Å². The minimum atomic E-state index is -0.760. The first-order chi connectivity index (χ1) is 9.70. The average Bonchev–Trinajstić information content (AvgIpc) is 2.38. The van der Waals surface area contributed by atoms with Crippen LogP contribution in [0.4, 0.5) is 0 Å². The van der Waals surface area contributed by atoms with E-state index in [1.165, 1.54) is 0 Å². The normalized spacial score (nSPS) is 14.1. The number of Topliss-reactive ketones (excluding diaryl/α,β-unsaturated/α-hetero) is 1. The summed E-state index contributed by atoms with van der Waals surface area (Å²) >= 11 is 0. The van der Waals surface area contributed by atoms with E-state index in [1.54, 1.807) is 7.11 Å². The van der Waals surface area contributed by atoms with Crippen molar-refractivity contribution < 1.29 is 9.53 Å². The zero-order chi connectivity index (χ0) is 16.2. The molecule has 0 saturated heterocycles. The molecule has 0 aromatic heterocycles. The summed E-state index contributed by atoms with van der Waals surface area (Å²) in [6, 6.07) is 7.75. The molecule has 1 rings (SSSR count). The molecule has 1 aromatic rings. The number of nitriles is 1. The fourth-order valence-electron chi connectivity index (χ4n) is 2.12. The molecule has 0 aliphatic rings. The van der Waals surface area contributed by atoms with Gasteiger partial charge in [0.1, 0.15) is 11.7 Å². The number of aryl methyl sites for hydroxylation is 1. The molecular weight excluding hydrogens is 262 g/mol. The summed E-state index contributed by atoms with van der Waals surface area (Å²) in [7, 11) is 1.56. The van der Waals surface area contributed by atoms with Crippen molar-refractivity contribution in [2.45, 2.75) is 47.0 Å². The smallest absolute Gasteiger partial charge is 0.154 e. The first-order valence-electron chi connectivity index (χ1n) is 7.27. The molecule has 0 bridgehead atoms. The van der Waals surface area contributed by atoms with E-state index < -0.39 is 5.92 Å². The van der Waals surface area contributed by atoms with Gasteiger partial charge in [-0.3, -0.25) is 4.79 Å². The van der Waals surface area contributed by atoms with Crippen molar-refractivity contribution in [3.05, 3.63) is 29.3 Å². The summed E-state index contributed by atoms with van der Waals surface area (Å²) in [6.45, 7) is 10.3. The van der Waals surface area contributed by atoms with Gasteiger partial charge in [0.2, 0.25) is 0 Å². The molecule has 3 heteroatoms. The maximum Gasteiger partial charge on any atom is 0.154 e. The lowest BCUT2D eigenvalue weighted by Gasteiger charge is -2.27. The van der Waals surface area contributed by atoms with Crippen molar-refractivity contribution in [2.75, 3.05) is 7.11 Å². The largest absolute Gasteiger partial charge is 0.496 e. The first kappa shape index (κ1) is 17.2. The molecule has 0 aliphatic carbocycles. The number of ketones is 1. The lowest BCUT2D eigenvalue weighted by atomic mass is 9.77. The van der Waals surface area contributed by atoms with Gasteiger partial charge >= 0.3 is 0 Å². The molecule has 0 fully saturated rings. The molecule has 2 atom stereocenters. The minimum absolute atomic E-state index is 0.0381. The van der Waals surface area contributed by atoms with Crippen molar-refractivity contribution in [2.24, 2.45) is 11.3 Å². The number of hydrogen-bond acceptors (Lipinski definition) is 3. The van der Waals surface area contributed by atoms with Crippen LogP contribution in [0.3, 0.4) is 0 Å². The predicted molar refractivity (Wildman–Crippen MR) is 84.3 cm³/mol. The zero-order valence-electron chi connectivity index (χ0n) is 13.9. The van der Waals surface area contributed by atoms with Crippen LogP contribution in [0.15, 0.2) is 18.2 Å². The molecule has 0 N–H and O–H groups in total. The van der Waals surface area contributed by atoms with Gasteiger partial charge in [-0.15, -0.1) is 0 Å². The second kappa shape index (κ2) is 6.76. The lowest BCUT2D eigenvalue weighted by Crippen LogP contribution is -2.23. The minimum Gasteiger partial charge on any atom is -0.496 e. The summed E-state index contributed by atoms with van der Waals surface area (Å²) in [5, 5.41) is 9.45. The van der Waals surface area contributed by atoms with Gasteiger partial charge in [-0.1, -0.05) is 45.4 Å². The summed E-state index contributed by atoms with van der Waals surface area (Å²) in [4.78, 5) is 12.5. The number of carbonyl (C=O) groups excluding carboxylic acids is 1. The van der Waals surface area contributed by atoms with E-state index in [2.05, 4.69) is 33.8 Å². The Hall–Kier alpha value is -1.82. The first-order valence-corrected chi connectivity index (χ1v) is 7.27. The number of methoxy groups -OCH3 is 1. The highest BCUT2D eigenvalue weighted by Crippen LogP contribution is 2.33. The average molecular weight is 287 g/mol. The van der Waals surface area contributed by atoms with Crippen LogP contribution in [0.5, 0.6) is 5.75 Å². The maximum absolute atomic E-state index is 12.5. The molecule has 0 saturated carbocycles. The molecule has 0 spiro atoms. The lowest BCUT2D eigenvalue weighted by molar-refractivity contribution is -0.120. The van der Waals surface area contributed by atoms with E-state index in [-0.39, 0.29) is 17.1 Å². The quantitative estimate of drug-likeness (QED) is 0.813. The van der Waals surface area contributed by atoms with Gasteiger partial charge in [0.05, 0.1) is 13.2 Å². The van der Waals surface area contributed by atoms with E-state index in [0.29, 0.717) is 17.7 Å². The highest BCUT2D eigenvalue weighted by Gasteiger charge is 2.29. The Morgan fingerprint density at radius 3 is 2.48 bits per heavy atom. The molecule has 114 valence electrons. The monoisotopic (exact) mass is 287 g/mol. The molecule has 0 radical (unpaired) electrons.